The monoisotopic (exact) mass is 321 g/mol. The van der Waals surface area contributed by atoms with Crippen molar-refractivity contribution in [3.8, 4) is 0 Å². The lowest BCUT2D eigenvalue weighted by molar-refractivity contribution is 0.0948. The molecule has 0 aliphatic heterocycles. The van der Waals surface area contributed by atoms with E-state index >= 15 is 0 Å². The number of H-pyrrole nitrogens is 1. The van der Waals surface area contributed by atoms with Crippen LogP contribution in [0.5, 0.6) is 0 Å². The molecule has 0 spiro atoms. The van der Waals surface area contributed by atoms with Gasteiger partial charge < -0.3 is 15.6 Å². The van der Waals surface area contributed by atoms with Gasteiger partial charge in [-0.05, 0) is 36.1 Å². The van der Waals surface area contributed by atoms with Crippen molar-refractivity contribution in [2.75, 3.05) is 18.4 Å². The minimum absolute atomic E-state index is 0.246. The third-order valence-electron chi connectivity index (χ3n) is 3.74. The van der Waals surface area contributed by atoms with Gasteiger partial charge in [0.05, 0.1) is 0 Å². The van der Waals surface area contributed by atoms with Gasteiger partial charge in [-0.2, -0.15) is 0 Å². The summed E-state index contributed by atoms with van der Waals surface area (Å²) in [5.41, 5.74) is 1.10. The largest absolute Gasteiger partial charge is 0.385 e. The van der Waals surface area contributed by atoms with Gasteiger partial charge in [-0.15, -0.1) is 0 Å². The van der Waals surface area contributed by atoms with E-state index in [0.717, 1.165) is 24.0 Å². The molecule has 0 fully saturated rings. The second-order valence-corrected chi connectivity index (χ2v) is 5.50. The van der Waals surface area contributed by atoms with Crippen molar-refractivity contribution in [3.05, 3.63) is 76.7 Å². The maximum atomic E-state index is 12.2. The van der Waals surface area contributed by atoms with Crippen LogP contribution in [0.4, 0.5) is 5.69 Å². The van der Waals surface area contributed by atoms with Gasteiger partial charge in [-0.25, -0.2) is 0 Å². The van der Waals surface area contributed by atoms with Gasteiger partial charge in [-0.3, -0.25) is 9.59 Å². The molecule has 0 aliphatic rings. The molecule has 2 aromatic carbocycles. The molecule has 1 aromatic heterocycles. The van der Waals surface area contributed by atoms with Crippen LogP contribution in [0.2, 0.25) is 0 Å². The van der Waals surface area contributed by atoms with E-state index in [-0.39, 0.29) is 17.2 Å². The number of hydrogen-bond donors (Lipinski definition) is 3. The molecule has 0 bridgehead atoms. The number of benzene rings is 2. The first-order valence-electron chi connectivity index (χ1n) is 7.93. The topological polar surface area (TPSA) is 74.0 Å². The van der Waals surface area contributed by atoms with E-state index < -0.39 is 0 Å². The zero-order valence-corrected chi connectivity index (χ0v) is 13.2. The van der Waals surface area contributed by atoms with E-state index in [1.807, 2.05) is 42.5 Å². The van der Waals surface area contributed by atoms with E-state index in [1.165, 1.54) is 0 Å². The third kappa shape index (κ3) is 3.81. The van der Waals surface area contributed by atoms with Crippen LogP contribution in [-0.2, 0) is 0 Å². The number of carbonyl (C=O) groups excluding carboxylic acids is 1. The molecule has 0 radical (unpaired) electrons. The van der Waals surface area contributed by atoms with Crippen molar-refractivity contribution in [3.63, 3.8) is 0 Å². The highest BCUT2D eigenvalue weighted by molar-refractivity contribution is 5.96. The zero-order chi connectivity index (χ0) is 16.8. The Hall–Kier alpha value is -3.08. The number of aromatic amines is 1. The summed E-state index contributed by atoms with van der Waals surface area (Å²) in [4.78, 5) is 26.8. The van der Waals surface area contributed by atoms with Gasteiger partial charge in [0.1, 0.15) is 5.69 Å². The highest BCUT2D eigenvalue weighted by Crippen LogP contribution is 2.09. The van der Waals surface area contributed by atoms with E-state index in [2.05, 4.69) is 15.6 Å². The average molecular weight is 321 g/mol. The van der Waals surface area contributed by atoms with Crippen LogP contribution in [0.1, 0.15) is 16.9 Å². The molecule has 5 nitrogen and oxygen atoms in total. The summed E-state index contributed by atoms with van der Waals surface area (Å²) < 4.78 is 0. The molecule has 0 aliphatic carbocycles. The van der Waals surface area contributed by atoms with Crippen LogP contribution >= 0.6 is 0 Å². The maximum absolute atomic E-state index is 12.2. The number of para-hydroxylation sites is 1. The van der Waals surface area contributed by atoms with Crippen LogP contribution in [0.3, 0.4) is 0 Å². The average Bonchev–Trinajstić information content (AvgIpc) is 2.62. The van der Waals surface area contributed by atoms with Crippen molar-refractivity contribution in [2.24, 2.45) is 0 Å². The predicted octanol–water partition coefficient (Wildman–Crippen LogP) is 2.76. The molecule has 1 heterocycles. The summed E-state index contributed by atoms with van der Waals surface area (Å²) in [5, 5.41) is 7.46. The van der Waals surface area contributed by atoms with Crippen LogP contribution < -0.4 is 16.2 Å². The Morgan fingerprint density at radius 2 is 1.71 bits per heavy atom. The lowest BCUT2D eigenvalue weighted by Gasteiger charge is -2.08. The van der Waals surface area contributed by atoms with Crippen molar-refractivity contribution < 1.29 is 4.79 Å². The number of nitrogens with one attached hydrogen (secondary N) is 3. The Morgan fingerprint density at radius 3 is 2.54 bits per heavy atom. The van der Waals surface area contributed by atoms with Gasteiger partial charge in [0, 0.05) is 24.2 Å². The van der Waals surface area contributed by atoms with E-state index in [4.69, 9.17) is 0 Å². The van der Waals surface area contributed by atoms with Crippen molar-refractivity contribution in [2.45, 2.75) is 6.42 Å². The van der Waals surface area contributed by atoms with Crippen LogP contribution in [0.15, 0.2) is 65.5 Å². The van der Waals surface area contributed by atoms with Crippen LogP contribution in [0, 0.1) is 0 Å². The van der Waals surface area contributed by atoms with E-state index in [0.29, 0.717) is 11.9 Å². The van der Waals surface area contributed by atoms with E-state index in [1.54, 1.807) is 18.2 Å². The zero-order valence-electron chi connectivity index (χ0n) is 13.2. The standard InChI is InChI=1S/C19H19N3O2/c23-18-16-10-5-4-7-14(16)13-17(22-18)19(24)21-12-6-11-20-15-8-2-1-3-9-15/h1-5,7-10,13,20H,6,11-12H2,(H,21,24)(H,22,23). The molecule has 1 amide bonds. The van der Waals surface area contributed by atoms with Crippen molar-refractivity contribution in [1.29, 1.82) is 0 Å². The Labute approximate surface area is 139 Å². The number of amides is 1. The fraction of sp³-hybridized carbons (Fsp3) is 0.158. The number of rotatable bonds is 6. The molecule has 5 heteroatoms. The molecule has 0 unspecified atom stereocenters. The molecule has 0 saturated heterocycles. The Balaban J connectivity index is 1.53. The molecule has 24 heavy (non-hydrogen) atoms. The summed E-state index contributed by atoms with van der Waals surface area (Å²) in [5.74, 6) is -0.266. The lowest BCUT2D eigenvalue weighted by atomic mass is 10.1. The first-order chi connectivity index (χ1) is 11.7. The molecular weight excluding hydrogens is 302 g/mol. The molecule has 0 atom stereocenters. The van der Waals surface area contributed by atoms with Crippen LogP contribution in [-0.4, -0.2) is 24.0 Å². The summed E-state index contributed by atoms with van der Waals surface area (Å²) in [6.45, 7) is 1.30. The highest BCUT2D eigenvalue weighted by atomic mass is 16.2. The molecule has 122 valence electrons. The maximum Gasteiger partial charge on any atom is 0.267 e. The van der Waals surface area contributed by atoms with Crippen LogP contribution in [0.25, 0.3) is 10.8 Å². The van der Waals surface area contributed by atoms with Gasteiger partial charge in [0.25, 0.3) is 11.5 Å². The molecule has 3 N–H and O–H groups in total. The Morgan fingerprint density at radius 1 is 0.958 bits per heavy atom. The number of fused-ring (bicyclic) bond motifs is 1. The van der Waals surface area contributed by atoms with Crippen molar-refractivity contribution in [1.82, 2.24) is 10.3 Å². The molecular formula is C19H19N3O2. The van der Waals surface area contributed by atoms with Gasteiger partial charge in [0.15, 0.2) is 0 Å². The lowest BCUT2D eigenvalue weighted by Crippen LogP contribution is -2.28. The fourth-order valence-corrected chi connectivity index (χ4v) is 2.51. The number of aromatic nitrogens is 1. The second-order valence-electron chi connectivity index (χ2n) is 5.50. The fourth-order valence-electron chi connectivity index (χ4n) is 2.51. The highest BCUT2D eigenvalue weighted by Gasteiger charge is 2.08. The minimum atomic E-state index is -0.266. The number of carbonyl (C=O) groups is 1. The van der Waals surface area contributed by atoms with Crippen molar-refractivity contribution >= 4 is 22.4 Å². The quantitative estimate of drug-likeness (QED) is 0.611. The van der Waals surface area contributed by atoms with Gasteiger partial charge >= 0.3 is 0 Å². The summed E-state index contributed by atoms with van der Waals surface area (Å²) in [6.07, 6.45) is 0.790. The summed E-state index contributed by atoms with van der Waals surface area (Å²) in [6, 6.07) is 18.8. The molecule has 3 rings (SSSR count). The summed E-state index contributed by atoms with van der Waals surface area (Å²) >= 11 is 0. The number of pyridine rings is 1. The second kappa shape index (κ2) is 7.46. The Bertz CT molecular complexity index is 888. The van der Waals surface area contributed by atoms with E-state index in [9.17, 15) is 9.59 Å². The molecule has 3 aromatic rings. The minimum Gasteiger partial charge on any atom is -0.385 e. The molecule has 0 saturated carbocycles. The normalized spacial score (nSPS) is 10.5. The SMILES string of the molecule is O=C(NCCCNc1ccccc1)c1cc2ccccc2c(=O)[nH]1. The first kappa shape index (κ1) is 15.8. The Kier molecular flexibility index (Phi) is 4.91. The summed E-state index contributed by atoms with van der Waals surface area (Å²) in [7, 11) is 0. The predicted molar refractivity (Wildman–Crippen MR) is 96.5 cm³/mol. The van der Waals surface area contributed by atoms with Gasteiger partial charge in [0.2, 0.25) is 0 Å². The number of anilines is 1. The third-order valence-corrected chi connectivity index (χ3v) is 3.74. The van der Waals surface area contributed by atoms with Gasteiger partial charge in [-0.1, -0.05) is 36.4 Å². The smallest absolute Gasteiger partial charge is 0.267 e. The first-order valence-corrected chi connectivity index (χ1v) is 7.93. The number of hydrogen-bond acceptors (Lipinski definition) is 3.